The molecule has 1 fully saturated rings. The number of esters is 1. The molecular weight excluding hydrogens is 228 g/mol. The lowest BCUT2D eigenvalue weighted by Gasteiger charge is -2.34. The Labute approximate surface area is 99.8 Å². The number of methoxy groups -OCH3 is 1. The molecule has 0 heterocycles. The Morgan fingerprint density at radius 1 is 1.12 bits per heavy atom. The van der Waals surface area contributed by atoms with E-state index in [1.165, 1.54) is 7.11 Å². The molecule has 0 unspecified atom stereocenters. The fraction of sp³-hybridized carbons (Fsp3) is 0.818. The number of aliphatic carboxylic acids is 1. The molecule has 0 radical (unpaired) electrons. The molecule has 6 nitrogen and oxygen atoms in total. The fourth-order valence-electron chi connectivity index (χ4n) is 1.51. The average molecular weight is 246 g/mol. The van der Waals surface area contributed by atoms with Crippen molar-refractivity contribution in [2.45, 2.75) is 37.9 Å². The van der Waals surface area contributed by atoms with Crippen molar-refractivity contribution in [2.75, 3.05) is 20.3 Å². The van der Waals surface area contributed by atoms with Crippen molar-refractivity contribution < 1.29 is 28.9 Å². The van der Waals surface area contributed by atoms with Crippen LogP contribution in [0, 0.1) is 0 Å². The van der Waals surface area contributed by atoms with Crippen LogP contribution in [0.1, 0.15) is 25.7 Å². The second kappa shape index (κ2) is 7.24. The summed E-state index contributed by atoms with van der Waals surface area (Å²) in [5.41, 5.74) is 0. The van der Waals surface area contributed by atoms with Crippen LogP contribution in [-0.4, -0.2) is 49.6 Å². The molecule has 17 heavy (non-hydrogen) atoms. The zero-order chi connectivity index (χ0) is 12.7. The molecule has 0 aromatic heterocycles. The molecule has 6 heteroatoms. The Balaban J connectivity index is 1.93. The molecule has 1 saturated carbocycles. The van der Waals surface area contributed by atoms with Crippen LogP contribution in [0.5, 0.6) is 0 Å². The second-order valence-electron chi connectivity index (χ2n) is 3.93. The first-order valence-corrected chi connectivity index (χ1v) is 5.63. The highest BCUT2D eigenvalue weighted by Gasteiger charge is 2.30. The molecule has 0 aliphatic heterocycles. The van der Waals surface area contributed by atoms with Crippen molar-refractivity contribution in [3.8, 4) is 0 Å². The topological polar surface area (TPSA) is 82.1 Å². The van der Waals surface area contributed by atoms with Gasteiger partial charge in [-0.1, -0.05) is 0 Å². The highest BCUT2D eigenvalue weighted by atomic mass is 16.5. The highest BCUT2D eigenvalue weighted by molar-refractivity contribution is 5.69. The SMILES string of the molecule is COC(=O)CCO[C@H]1C[C@H](OCCC(=O)O)C1. The Morgan fingerprint density at radius 2 is 1.65 bits per heavy atom. The summed E-state index contributed by atoms with van der Waals surface area (Å²) in [6, 6.07) is 0. The van der Waals surface area contributed by atoms with Crippen molar-refractivity contribution in [1.82, 2.24) is 0 Å². The quantitative estimate of drug-likeness (QED) is 0.631. The zero-order valence-electron chi connectivity index (χ0n) is 9.89. The number of carbonyl (C=O) groups is 2. The Kier molecular flexibility index (Phi) is 5.93. The molecule has 0 amide bonds. The van der Waals surface area contributed by atoms with Gasteiger partial charge in [-0.15, -0.1) is 0 Å². The number of hydrogen-bond acceptors (Lipinski definition) is 5. The van der Waals surface area contributed by atoms with E-state index in [1.54, 1.807) is 0 Å². The standard InChI is InChI=1S/C11H18O6/c1-15-11(14)3-5-17-9-6-8(7-9)16-4-2-10(12)13/h8-9H,2-7H2,1H3,(H,12,13)/t8-,9-. The van der Waals surface area contributed by atoms with Gasteiger partial charge in [0.2, 0.25) is 0 Å². The van der Waals surface area contributed by atoms with Gasteiger partial charge in [0.15, 0.2) is 0 Å². The van der Waals surface area contributed by atoms with E-state index < -0.39 is 5.97 Å². The summed E-state index contributed by atoms with van der Waals surface area (Å²) >= 11 is 0. The molecule has 0 atom stereocenters. The third-order valence-corrected chi connectivity index (χ3v) is 2.61. The maximum atomic E-state index is 10.8. The molecule has 0 spiro atoms. The van der Waals surface area contributed by atoms with Crippen molar-refractivity contribution >= 4 is 11.9 Å². The maximum absolute atomic E-state index is 10.8. The van der Waals surface area contributed by atoms with Gasteiger partial charge in [0, 0.05) is 0 Å². The molecule has 1 N–H and O–H groups in total. The van der Waals surface area contributed by atoms with E-state index in [0.29, 0.717) is 6.61 Å². The van der Waals surface area contributed by atoms with E-state index in [0.717, 1.165) is 12.8 Å². The van der Waals surface area contributed by atoms with Crippen molar-refractivity contribution in [2.24, 2.45) is 0 Å². The minimum absolute atomic E-state index is 0.0321. The maximum Gasteiger partial charge on any atom is 0.307 e. The minimum atomic E-state index is -0.852. The predicted octanol–water partition coefficient (Wildman–Crippen LogP) is 0.588. The fourth-order valence-corrected chi connectivity index (χ4v) is 1.51. The first kappa shape index (κ1) is 13.9. The molecule has 1 aliphatic carbocycles. The summed E-state index contributed by atoms with van der Waals surface area (Å²) < 4.78 is 15.2. The van der Waals surface area contributed by atoms with Gasteiger partial charge in [0.1, 0.15) is 0 Å². The normalized spacial score (nSPS) is 22.9. The van der Waals surface area contributed by atoms with Crippen molar-refractivity contribution in [3.63, 3.8) is 0 Å². The Bertz CT molecular complexity index is 259. The monoisotopic (exact) mass is 246 g/mol. The van der Waals surface area contributed by atoms with Crippen molar-refractivity contribution in [3.05, 3.63) is 0 Å². The molecule has 0 bridgehead atoms. The van der Waals surface area contributed by atoms with Gasteiger partial charge >= 0.3 is 11.9 Å². The zero-order valence-corrected chi connectivity index (χ0v) is 9.89. The van der Waals surface area contributed by atoms with E-state index in [9.17, 15) is 9.59 Å². The predicted molar refractivity (Wildman–Crippen MR) is 57.6 cm³/mol. The van der Waals surface area contributed by atoms with Crippen LogP contribution in [0.3, 0.4) is 0 Å². The Hall–Kier alpha value is -1.14. The largest absolute Gasteiger partial charge is 0.481 e. The number of rotatable bonds is 8. The van der Waals surface area contributed by atoms with Crippen LogP contribution in [0.25, 0.3) is 0 Å². The minimum Gasteiger partial charge on any atom is -0.481 e. The van der Waals surface area contributed by atoms with Crippen LogP contribution in [0.2, 0.25) is 0 Å². The lowest BCUT2D eigenvalue weighted by Crippen LogP contribution is -2.38. The summed E-state index contributed by atoms with van der Waals surface area (Å²) in [5, 5.41) is 8.41. The van der Waals surface area contributed by atoms with Crippen LogP contribution in [-0.2, 0) is 23.8 Å². The van der Waals surface area contributed by atoms with Gasteiger partial charge < -0.3 is 19.3 Å². The van der Waals surface area contributed by atoms with E-state index in [4.69, 9.17) is 14.6 Å². The van der Waals surface area contributed by atoms with Crippen LogP contribution in [0.15, 0.2) is 0 Å². The van der Waals surface area contributed by atoms with Crippen molar-refractivity contribution in [1.29, 1.82) is 0 Å². The molecular formula is C11H18O6. The lowest BCUT2D eigenvalue weighted by molar-refractivity contribution is -0.145. The van der Waals surface area contributed by atoms with Gasteiger partial charge in [0.05, 0.1) is 45.4 Å². The number of hydrogen-bond donors (Lipinski definition) is 1. The van der Waals surface area contributed by atoms with Crippen LogP contribution < -0.4 is 0 Å². The third-order valence-electron chi connectivity index (χ3n) is 2.61. The summed E-state index contributed by atoms with van der Waals surface area (Å²) in [6.45, 7) is 0.605. The third kappa shape index (κ3) is 5.65. The molecule has 0 saturated heterocycles. The summed E-state index contributed by atoms with van der Waals surface area (Å²) in [7, 11) is 1.35. The molecule has 1 rings (SSSR count). The number of carboxylic acids is 1. The van der Waals surface area contributed by atoms with Crippen LogP contribution >= 0.6 is 0 Å². The number of carbonyl (C=O) groups excluding carboxylic acids is 1. The van der Waals surface area contributed by atoms with Gasteiger partial charge in [-0.05, 0) is 12.8 Å². The number of ether oxygens (including phenoxy) is 3. The number of carboxylic acid groups (broad SMARTS) is 1. The van der Waals surface area contributed by atoms with Gasteiger partial charge in [-0.3, -0.25) is 9.59 Å². The molecule has 0 aromatic rings. The smallest absolute Gasteiger partial charge is 0.307 e. The second-order valence-corrected chi connectivity index (χ2v) is 3.93. The van der Waals surface area contributed by atoms with E-state index in [-0.39, 0.29) is 37.6 Å². The van der Waals surface area contributed by atoms with Gasteiger partial charge in [0.25, 0.3) is 0 Å². The average Bonchev–Trinajstić information content (AvgIpc) is 2.23. The highest BCUT2D eigenvalue weighted by Crippen LogP contribution is 2.26. The summed E-state index contributed by atoms with van der Waals surface area (Å²) in [6.07, 6.45) is 2.04. The van der Waals surface area contributed by atoms with Crippen LogP contribution in [0.4, 0.5) is 0 Å². The Morgan fingerprint density at radius 3 is 2.12 bits per heavy atom. The summed E-state index contributed by atoms with van der Waals surface area (Å²) in [4.78, 5) is 21.0. The van der Waals surface area contributed by atoms with Gasteiger partial charge in [-0.25, -0.2) is 0 Å². The van der Waals surface area contributed by atoms with Gasteiger partial charge in [-0.2, -0.15) is 0 Å². The lowest BCUT2D eigenvalue weighted by atomic mass is 9.92. The summed E-state index contributed by atoms with van der Waals surface area (Å²) in [5.74, 6) is -1.13. The molecule has 1 aliphatic rings. The molecule has 98 valence electrons. The van der Waals surface area contributed by atoms with E-state index >= 15 is 0 Å². The van der Waals surface area contributed by atoms with E-state index in [2.05, 4.69) is 4.74 Å². The first-order valence-electron chi connectivity index (χ1n) is 5.63. The van der Waals surface area contributed by atoms with E-state index in [1.807, 2.05) is 0 Å². The molecule has 0 aromatic carbocycles. The first-order chi connectivity index (χ1) is 8.11.